The van der Waals surface area contributed by atoms with Crippen LogP contribution < -0.4 is 10.6 Å². The minimum absolute atomic E-state index is 0.0874. The molecule has 4 saturated carbocycles. The molecule has 0 saturated heterocycles. The average Bonchev–Trinajstić information content (AvgIpc) is 2.65. The number of pyridine rings is 1. The van der Waals surface area contributed by atoms with Gasteiger partial charge in [-0.3, -0.25) is 14.6 Å². The zero-order chi connectivity index (χ0) is 19.7. The van der Waals surface area contributed by atoms with Gasteiger partial charge in [0.1, 0.15) is 6.04 Å². The van der Waals surface area contributed by atoms with Crippen molar-refractivity contribution in [2.45, 2.75) is 71.4 Å². The topological polar surface area (TPSA) is 71.1 Å². The Morgan fingerprint density at radius 3 is 2.32 bits per heavy atom. The van der Waals surface area contributed by atoms with Crippen LogP contribution in [-0.4, -0.2) is 22.8 Å². The van der Waals surface area contributed by atoms with Gasteiger partial charge in [-0.1, -0.05) is 19.9 Å². The molecular formula is C23H33N3O2. The molecule has 1 aromatic rings. The van der Waals surface area contributed by atoms with E-state index in [0.29, 0.717) is 18.9 Å². The highest BCUT2D eigenvalue weighted by molar-refractivity contribution is 5.90. The van der Waals surface area contributed by atoms with Gasteiger partial charge in [0, 0.05) is 24.4 Å². The quantitative estimate of drug-likeness (QED) is 0.758. The van der Waals surface area contributed by atoms with Crippen LogP contribution in [0.1, 0.15) is 64.4 Å². The van der Waals surface area contributed by atoms with E-state index in [1.165, 1.54) is 19.3 Å². The number of carbonyl (C=O) groups excluding carboxylic acids is 2. The summed E-state index contributed by atoms with van der Waals surface area (Å²) in [7, 11) is 0. The van der Waals surface area contributed by atoms with E-state index in [1.54, 1.807) is 12.4 Å². The highest BCUT2D eigenvalue weighted by Gasteiger charge is 2.54. The van der Waals surface area contributed by atoms with E-state index in [4.69, 9.17) is 0 Å². The summed E-state index contributed by atoms with van der Waals surface area (Å²) in [5.74, 6) is 2.55. The molecule has 0 radical (unpaired) electrons. The van der Waals surface area contributed by atoms with Gasteiger partial charge in [-0.25, -0.2) is 0 Å². The third-order valence-corrected chi connectivity index (χ3v) is 7.04. The number of carbonyl (C=O) groups is 2. The Balaban J connectivity index is 1.41. The average molecular weight is 384 g/mol. The molecule has 4 aliphatic carbocycles. The van der Waals surface area contributed by atoms with Gasteiger partial charge in [0.2, 0.25) is 11.8 Å². The SMILES string of the molecule is CC(C)C[C@H](NC(=O)C12CC3CC(CC(C3)C1)C2)C(=O)NCc1cccnc1. The van der Waals surface area contributed by atoms with Crippen molar-refractivity contribution >= 4 is 11.8 Å². The largest absolute Gasteiger partial charge is 0.350 e. The van der Waals surface area contributed by atoms with Crippen molar-refractivity contribution in [1.82, 2.24) is 15.6 Å². The number of aromatic nitrogens is 1. The molecule has 0 aromatic carbocycles. The van der Waals surface area contributed by atoms with Crippen LogP contribution in [0.4, 0.5) is 0 Å². The molecule has 0 spiro atoms. The lowest BCUT2D eigenvalue weighted by Crippen LogP contribution is -2.57. The maximum Gasteiger partial charge on any atom is 0.242 e. The molecule has 4 bridgehead atoms. The highest BCUT2D eigenvalue weighted by Crippen LogP contribution is 2.60. The molecule has 5 nitrogen and oxygen atoms in total. The van der Waals surface area contributed by atoms with E-state index in [9.17, 15) is 9.59 Å². The molecule has 5 heteroatoms. The first-order chi connectivity index (χ1) is 13.4. The number of rotatable bonds is 7. The van der Waals surface area contributed by atoms with E-state index in [-0.39, 0.29) is 17.2 Å². The molecule has 4 aliphatic rings. The van der Waals surface area contributed by atoms with Gasteiger partial charge < -0.3 is 10.6 Å². The van der Waals surface area contributed by atoms with Crippen LogP contribution in [0.15, 0.2) is 24.5 Å². The number of nitrogens with zero attached hydrogens (tertiary/aromatic N) is 1. The Bertz CT molecular complexity index is 681. The predicted molar refractivity (Wildman–Crippen MR) is 108 cm³/mol. The highest BCUT2D eigenvalue weighted by atomic mass is 16.2. The van der Waals surface area contributed by atoms with Crippen molar-refractivity contribution in [3.63, 3.8) is 0 Å². The normalized spacial score (nSPS) is 31.6. The lowest BCUT2D eigenvalue weighted by molar-refractivity contribution is -0.148. The summed E-state index contributed by atoms with van der Waals surface area (Å²) in [5.41, 5.74) is 0.750. The predicted octanol–water partition coefficient (Wildman–Crippen LogP) is 3.45. The van der Waals surface area contributed by atoms with Crippen molar-refractivity contribution in [3.8, 4) is 0 Å². The molecular weight excluding hydrogens is 350 g/mol. The lowest BCUT2D eigenvalue weighted by Gasteiger charge is -2.55. The fourth-order valence-electron chi connectivity index (χ4n) is 6.22. The number of nitrogens with one attached hydrogen (secondary N) is 2. The van der Waals surface area contributed by atoms with Crippen LogP contribution in [-0.2, 0) is 16.1 Å². The Morgan fingerprint density at radius 1 is 1.14 bits per heavy atom. The number of amides is 2. The van der Waals surface area contributed by atoms with Crippen LogP contribution in [0.3, 0.4) is 0 Å². The standard InChI is InChI=1S/C23H33N3O2/c1-15(2)6-20(21(27)25-14-16-4-3-5-24-13-16)26-22(28)23-10-17-7-18(11-23)9-19(8-17)12-23/h3-5,13,15,17-20H,6-12,14H2,1-2H3,(H,25,27)(H,26,28)/t17?,18?,19?,20-,23?/m0/s1. The Labute approximate surface area is 168 Å². The van der Waals surface area contributed by atoms with Gasteiger partial charge in [0.25, 0.3) is 0 Å². The van der Waals surface area contributed by atoms with Gasteiger partial charge in [-0.15, -0.1) is 0 Å². The molecule has 5 rings (SSSR count). The third-order valence-electron chi connectivity index (χ3n) is 7.04. The fourth-order valence-corrected chi connectivity index (χ4v) is 6.22. The van der Waals surface area contributed by atoms with Gasteiger partial charge >= 0.3 is 0 Å². The van der Waals surface area contributed by atoms with Crippen molar-refractivity contribution < 1.29 is 9.59 Å². The Kier molecular flexibility index (Phi) is 5.44. The molecule has 1 heterocycles. The van der Waals surface area contributed by atoms with Gasteiger partial charge in [-0.2, -0.15) is 0 Å². The monoisotopic (exact) mass is 383 g/mol. The van der Waals surface area contributed by atoms with E-state index in [2.05, 4.69) is 29.5 Å². The van der Waals surface area contributed by atoms with Gasteiger partial charge in [0.15, 0.2) is 0 Å². The number of hydrogen-bond acceptors (Lipinski definition) is 3. The van der Waals surface area contributed by atoms with Crippen LogP contribution >= 0.6 is 0 Å². The summed E-state index contributed by atoms with van der Waals surface area (Å²) in [4.78, 5) is 30.3. The first-order valence-electron chi connectivity index (χ1n) is 10.9. The summed E-state index contributed by atoms with van der Waals surface area (Å²) in [5, 5.41) is 6.16. The van der Waals surface area contributed by atoms with Crippen molar-refractivity contribution in [3.05, 3.63) is 30.1 Å². The van der Waals surface area contributed by atoms with Crippen LogP contribution in [0.2, 0.25) is 0 Å². The summed E-state index contributed by atoms with van der Waals surface area (Å²) >= 11 is 0. The molecule has 2 N–H and O–H groups in total. The molecule has 152 valence electrons. The molecule has 1 aromatic heterocycles. The smallest absolute Gasteiger partial charge is 0.242 e. The van der Waals surface area contributed by atoms with E-state index in [1.807, 2.05) is 12.1 Å². The maximum absolute atomic E-state index is 13.4. The molecule has 1 atom stereocenters. The van der Waals surface area contributed by atoms with Crippen molar-refractivity contribution in [2.24, 2.45) is 29.1 Å². The van der Waals surface area contributed by atoms with Crippen molar-refractivity contribution in [1.29, 1.82) is 0 Å². The third kappa shape index (κ3) is 4.08. The second kappa shape index (κ2) is 7.84. The summed E-state index contributed by atoms with van der Waals surface area (Å²) in [6.45, 7) is 4.63. The van der Waals surface area contributed by atoms with E-state index >= 15 is 0 Å². The van der Waals surface area contributed by atoms with Crippen LogP contribution in [0.25, 0.3) is 0 Å². The summed E-state index contributed by atoms with van der Waals surface area (Å²) in [6, 6.07) is 3.35. The molecule has 4 fully saturated rings. The van der Waals surface area contributed by atoms with E-state index < -0.39 is 6.04 Å². The second-order valence-corrected chi connectivity index (χ2v) is 9.93. The first-order valence-corrected chi connectivity index (χ1v) is 10.9. The van der Waals surface area contributed by atoms with Gasteiger partial charge in [-0.05, 0) is 80.2 Å². The molecule has 0 aliphatic heterocycles. The molecule has 2 amide bonds. The zero-order valence-corrected chi connectivity index (χ0v) is 17.1. The van der Waals surface area contributed by atoms with E-state index in [0.717, 1.165) is 42.6 Å². The molecule has 0 unspecified atom stereocenters. The summed E-state index contributed by atoms with van der Waals surface area (Å²) < 4.78 is 0. The maximum atomic E-state index is 13.4. The fraction of sp³-hybridized carbons (Fsp3) is 0.696. The lowest BCUT2D eigenvalue weighted by atomic mass is 9.49. The van der Waals surface area contributed by atoms with Crippen LogP contribution in [0, 0.1) is 29.1 Å². The minimum atomic E-state index is -0.461. The van der Waals surface area contributed by atoms with Crippen LogP contribution in [0.5, 0.6) is 0 Å². The van der Waals surface area contributed by atoms with Crippen molar-refractivity contribution in [2.75, 3.05) is 0 Å². The van der Waals surface area contributed by atoms with Gasteiger partial charge in [0.05, 0.1) is 0 Å². The number of hydrogen-bond donors (Lipinski definition) is 2. The summed E-state index contributed by atoms with van der Waals surface area (Å²) in [6.07, 6.45) is 11.2. The second-order valence-electron chi connectivity index (χ2n) is 9.93. The molecule has 28 heavy (non-hydrogen) atoms. The minimum Gasteiger partial charge on any atom is -0.350 e. The Morgan fingerprint density at radius 2 is 1.79 bits per heavy atom. The Hall–Kier alpha value is -1.91. The zero-order valence-electron chi connectivity index (χ0n) is 17.1. The first kappa shape index (κ1) is 19.4.